The van der Waals surface area contributed by atoms with E-state index in [4.69, 9.17) is 9.47 Å². The first kappa shape index (κ1) is 26.5. The van der Waals surface area contributed by atoms with Crippen LogP contribution in [0.15, 0.2) is 72.4 Å². The molecule has 3 aromatic carbocycles. The Bertz CT molecular complexity index is 1380. The Labute approximate surface area is 222 Å². The van der Waals surface area contributed by atoms with Crippen molar-refractivity contribution < 1.29 is 23.9 Å². The van der Waals surface area contributed by atoms with Gasteiger partial charge in [-0.15, -0.1) is 0 Å². The summed E-state index contributed by atoms with van der Waals surface area (Å²) in [7, 11) is 0. The third kappa shape index (κ3) is 6.39. The van der Waals surface area contributed by atoms with Gasteiger partial charge in [0.15, 0.2) is 11.5 Å². The van der Waals surface area contributed by atoms with E-state index < -0.39 is 24.4 Å². The van der Waals surface area contributed by atoms with E-state index in [2.05, 4.69) is 16.7 Å². The Balaban J connectivity index is 1.45. The number of aryl methyl sites for hydroxylation is 2. The third-order valence-corrected chi connectivity index (χ3v) is 5.99. The third-order valence-electron chi connectivity index (χ3n) is 5.99. The molecule has 0 unspecified atom stereocenters. The molecule has 4 amide bonds. The van der Waals surface area contributed by atoms with Crippen LogP contribution in [0.3, 0.4) is 0 Å². The molecule has 0 atom stereocenters. The minimum absolute atomic E-state index is 0.0765. The smallest absolute Gasteiger partial charge is 0.329 e. The molecule has 1 aliphatic rings. The van der Waals surface area contributed by atoms with E-state index in [9.17, 15) is 14.4 Å². The summed E-state index contributed by atoms with van der Waals surface area (Å²) in [6, 6.07) is 20.1. The number of rotatable bonds is 10. The zero-order valence-electron chi connectivity index (χ0n) is 21.7. The van der Waals surface area contributed by atoms with Crippen molar-refractivity contribution >= 4 is 29.6 Å². The van der Waals surface area contributed by atoms with Crippen LogP contribution in [0.1, 0.15) is 36.1 Å². The first-order valence-corrected chi connectivity index (χ1v) is 12.6. The van der Waals surface area contributed by atoms with Crippen molar-refractivity contribution in [3.8, 4) is 11.5 Å². The summed E-state index contributed by atoms with van der Waals surface area (Å²) in [5, 5.41) is 5.34. The molecule has 0 radical (unpaired) electrons. The summed E-state index contributed by atoms with van der Waals surface area (Å²) in [4.78, 5) is 38.9. The number of hydrogen-bond donors (Lipinski definition) is 2. The normalized spacial score (nSPS) is 14.0. The van der Waals surface area contributed by atoms with Gasteiger partial charge in [0.25, 0.3) is 5.91 Å². The van der Waals surface area contributed by atoms with Crippen LogP contribution in [0.25, 0.3) is 6.08 Å². The minimum atomic E-state index is -0.650. The number of anilines is 1. The van der Waals surface area contributed by atoms with Crippen LogP contribution in [0.2, 0.25) is 0 Å². The molecular weight excluding hydrogens is 482 g/mol. The van der Waals surface area contributed by atoms with Gasteiger partial charge >= 0.3 is 6.03 Å². The van der Waals surface area contributed by atoms with Crippen molar-refractivity contribution in [2.45, 2.75) is 33.8 Å². The van der Waals surface area contributed by atoms with Gasteiger partial charge in [0.2, 0.25) is 5.91 Å². The first-order valence-electron chi connectivity index (χ1n) is 12.6. The molecule has 2 N–H and O–H groups in total. The zero-order valence-corrected chi connectivity index (χ0v) is 21.7. The highest BCUT2D eigenvalue weighted by Crippen LogP contribution is 2.30. The summed E-state index contributed by atoms with van der Waals surface area (Å²) in [6.07, 6.45) is 2.29. The van der Waals surface area contributed by atoms with E-state index in [0.29, 0.717) is 36.0 Å². The maximum absolute atomic E-state index is 12.9. The number of benzene rings is 3. The number of carbonyl (C=O) groups excluding carboxylic acids is 3. The highest BCUT2D eigenvalue weighted by Gasteiger charge is 2.35. The fourth-order valence-electron chi connectivity index (χ4n) is 4.13. The highest BCUT2D eigenvalue weighted by molar-refractivity contribution is 6.16. The number of hydrogen-bond acceptors (Lipinski definition) is 5. The topological polar surface area (TPSA) is 97.0 Å². The summed E-state index contributed by atoms with van der Waals surface area (Å²) >= 11 is 0. The van der Waals surface area contributed by atoms with Gasteiger partial charge in [0.1, 0.15) is 18.8 Å². The van der Waals surface area contributed by atoms with Crippen molar-refractivity contribution in [1.29, 1.82) is 0 Å². The molecule has 0 bridgehead atoms. The molecule has 0 saturated carbocycles. The van der Waals surface area contributed by atoms with E-state index in [1.54, 1.807) is 30.3 Å². The van der Waals surface area contributed by atoms with Gasteiger partial charge in [-0.05, 0) is 61.2 Å². The molecule has 1 saturated heterocycles. The lowest BCUT2D eigenvalue weighted by atomic mass is 10.1. The molecule has 0 aliphatic carbocycles. The van der Waals surface area contributed by atoms with Crippen LogP contribution >= 0.6 is 0 Å². The number of nitrogens with one attached hydrogen (secondary N) is 2. The van der Waals surface area contributed by atoms with Crippen LogP contribution in [0.4, 0.5) is 10.5 Å². The Morgan fingerprint density at radius 3 is 2.55 bits per heavy atom. The highest BCUT2D eigenvalue weighted by atomic mass is 16.5. The second-order valence-corrected chi connectivity index (χ2v) is 8.86. The molecule has 4 rings (SSSR count). The summed E-state index contributed by atoms with van der Waals surface area (Å²) in [5.41, 5.74) is 4.54. The minimum Gasteiger partial charge on any atom is -0.490 e. The van der Waals surface area contributed by atoms with E-state index in [1.165, 1.54) is 0 Å². The summed E-state index contributed by atoms with van der Waals surface area (Å²) in [5.74, 6) is 0.0658. The van der Waals surface area contributed by atoms with Crippen molar-refractivity contribution in [3.63, 3.8) is 0 Å². The molecule has 8 nitrogen and oxygen atoms in total. The standard InChI is InChI=1S/C30H31N3O5/c1-4-23-11-6-7-12-24(23)31-28(34)18-33-29(35)25(32-30(33)36)16-21-13-14-26(27(17-21)37-5-2)38-19-22-10-8-9-20(3)15-22/h6-17H,4-5,18-19H2,1-3H3,(H,31,34)(H,32,36)/b25-16+. The molecule has 0 spiro atoms. The number of carbonyl (C=O) groups is 3. The molecule has 8 heteroatoms. The van der Waals surface area contributed by atoms with Gasteiger partial charge in [0, 0.05) is 5.69 Å². The van der Waals surface area contributed by atoms with Crippen LogP contribution in [-0.4, -0.2) is 35.9 Å². The molecule has 3 aromatic rings. The number of imide groups is 1. The second-order valence-electron chi connectivity index (χ2n) is 8.86. The lowest BCUT2D eigenvalue weighted by Gasteiger charge is -2.14. The van der Waals surface area contributed by atoms with Crippen molar-refractivity contribution in [1.82, 2.24) is 10.2 Å². The van der Waals surface area contributed by atoms with E-state index in [0.717, 1.165) is 28.0 Å². The number of para-hydroxylation sites is 1. The Hall–Kier alpha value is -4.59. The number of urea groups is 1. The summed E-state index contributed by atoms with van der Waals surface area (Å²) in [6.45, 7) is 6.31. The van der Waals surface area contributed by atoms with Gasteiger partial charge in [-0.3, -0.25) is 9.59 Å². The van der Waals surface area contributed by atoms with Crippen molar-refractivity contribution in [2.24, 2.45) is 0 Å². The maximum Gasteiger partial charge on any atom is 0.329 e. The monoisotopic (exact) mass is 513 g/mol. The Morgan fingerprint density at radius 1 is 0.974 bits per heavy atom. The number of nitrogens with zero attached hydrogens (tertiary/aromatic N) is 1. The molecule has 196 valence electrons. The van der Waals surface area contributed by atoms with Gasteiger partial charge in [0.05, 0.1) is 6.61 Å². The molecule has 1 fully saturated rings. The van der Waals surface area contributed by atoms with E-state index in [1.807, 2.05) is 57.2 Å². The average Bonchev–Trinajstić information content (AvgIpc) is 3.16. The van der Waals surface area contributed by atoms with Gasteiger partial charge in [-0.1, -0.05) is 61.0 Å². The van der Waals surface area contributed by atoms with Crippen LogP contribution in [0, 0.1) is 6.92 Å². The van der Waals surface area contributed by atoms with Crippen LogP contribution < -0.4 is 20.1 Å². The Kier molecular flexibility index (Phi) is 8.43. The van der Waals surface area contributed by atoms with Crippen molar-refractivity contribution in [2.75, 3.05) is 18.5 Å². The van der Waals surface area contributed by atoms with E-state index in [-0.39, 0.29) is 5.70 Å². The van der Waals surface area contributed by atoms with Crippen LogP contribution in [-0.2, 0) is 22.6 Å². The quantitative estimate of drug-likeness (QED) is 0.292. The maximum atomic E-state index is 12.9. The predicted octanol–water partition coefficient (Wildman–Crippen LogP) is 5.07. The molecule has 1 aliphatic heterocycles. The van der Waals surface area contributed by atoms with Gasteiger partial charge in [-0.2, -0.15) is 0 Å². The van der Waals surface area contributed by atoms with Gasteiger partial charge < -0.3 is 20.1 Å². The second kappa shape index (κ2) is 12.1. The van der Waals surface area contributed by atoms with Gasteiger partial charge in [-0.25, -0.2) is 9.69 Å². The first-order chi connectivity index (χ1) is 18.4. The molecule has 1 heterocycles. The van der Waals surface area contributed by atoms with Crippen molar-refractivity contribution in [3.05, 3.63) is 94.7 Å². The fraction of sp³-hybridized carbons (Fsp3) is 0.233. The lowest BCUT2D eigenvalue weighted by Crippen LogP contribution is -2.38. The number of amides is 4. The predicted molar refractivity (Wildman–Crippen MR) is 146 cm³/mol. The average molecular weight is 514 g/mol. The largest absolute Gasteiger partial charge is 0.490 e. The van der Waals surface area contributed by atoms with Crippen LogP contribution in [0.5, 0.6) is 11.5 Å². The fourth-order valence-corrected chi connectivity index (χ4v) is 4.13. The summed E-state index contributed by atoms with van der Waals surface area (Å²) < 4.78 is 11.7. The number of ether oxygens (including phenoxy) is 2. The Morgan fingerprint density at radius 2 is 1.79 bits per heavy atom. The SMILES string of the molecule is CCOc1cc(/C=C2/NC(=O)N(CC(=O)Nc3ccccc3CC)C2=O)ccc1OCc1cccc(C)c1. The molecule has 0 aromatic heterocycles. The lowest BCUT2D eigenvalue weighted by molar-refractivity contribution is -0.127. The molecule has 38 heavy (non-hydrogen) atoms. The molecular formula is C30H31N3O5. The zero-order chi connectivity index (χ0) is 27.1. The van der Waals surface area contributed by atoms with E-state index >= 15 is 0 Å².